The maximum Gasteiger partial charge on any atom is 0.246 e. The van der Waals surface area contributed by atoms with E-state index in [4.69, 9.17) is 0 Å². The number of anilines is 1. The number of allylic oxidation sites excluding steroid dienone is 1. The third-order valence-electron chi connectivity index (χ3n) is 3.29. The highest BCUT2D eigenvalue weighted by Gasteiger charge is 2.22. The fraction of sp³-hybridized carbons (Fsp3) is 0.438. The van der Waals surface area contributed by atoms with Crippen LogP contribution in [0.4, 0.5) is 5.69 Å². The molecule has 1 heterocycles. The quantitative estimate of drug-likeness (QED) is 0.845. The zero-order chi connectivity index (χ0) is 13.7. The maximum absolute atomic E-state index is 12.0. The van der Waals surface area contributed by atoms with E-state index in [1.165, 1.54) is 0 Å². The number of benzene rings is 1. The molecule has 1 aliphatic heterocycles. The van der Waals surface area contributed by atoms with Gasteiger partial charge in [-0.15, -0.1) is 0 Å². The smallest absolute Gasteiger partial charge is 0.246 e. The third-order valence-corrected chi connectivity index (χ3v) is 3.29. The molecule has 0 bridgehead atoms. The van der Waals surface area contributed by atoms with Gasteiger partial charge in [0.05, 0.1) is 0 Å². The predicted octanol–water partition coefficient (Wildman–Crippen LogP) is 3.06. The predicted molar refractivity (Wildman–Crippen MR) is 79.1 cm³/mol. The van der Waals surface area contributed by atoms with Crippen molar-refractivity contribution in [3.63, 3.8) is 0 Å². The van der Waals surface area contributed by atoms with Gasteiger partial charge in [-0.25, -0.2) is 0 Å². The summed E-state index contributed by atoms with van der Waals surface area (Å²) in [6.45, 7) is 5.58. The van der Waals surface area contributed by atoms with Gasteiger partial charge in [-0.3, -0.25) is 4.79 Å². The van der Waals surface area contributed by atoms with Crippen molar-refractivity contribution in [2.75, 3.05) is 18.4 Å². The van der Waals surface area contributed by atoms with Crippen molar-refractivity contribution in [3.05, 3.63) is 42.0 Å². The first-order valence-corrected chi connectivity index (χ1v) is 6.90. The first-order chi connectivity index (χ1) is 9.15. The number of nitrogens with one attached hydrogen (secondary N) is 1. The Bertz CT molecular complexity index is 449. The van der Waals surface area contributed by atoms with E-state index in [1.54, 1.807) is 6.08 Å². The van der Waals surface area contributed by atoms with E-state index in [0.717, 1.165) is 37.2 Å². The molecule has 0 unspecified atom stereocenters. The highest BCUT2D eigenvalue weighted by atomic mass is 16.2. The zero-order valence-corrected chi connectivity index (χ0v) is 11.7. The molecule has 1 aliphatic rings. The van der Waals surface area contributed by atoms with Gasteiger partial charge in [0.15, 0.2) is 0 Å². The molecule has 0 spiro atoms. The number of amides is 1. The highest BCUT2D eigenvalue weighted by molar-refractivity contribution is 5.88. The van der Waals surface area contributed by atoms with Gasteiger partial charge in [0.1, 0.15) is 0 Å². The van der Waals surface area contributed by atoms with Crippen LogP contribution in [0.5, 0.6) is 0 Å². The van der Waals surface area contributed by atoms with E-state index >= 15 is 0 Å². The van der Waals surface area contributed by atoms with Gasteiger partial charge >= 0.3 is 0 Å². The standard InChI is InChI=1S/C16H22N2O/c1-13(2)11-16(19)18-10-6-9-15(12-18)17-14-7-4-3-5-8-14/h3-5,7-8,11,15,17H,6,9-10,12H2,1-2H3/t15-/m0/s1. The highest BCUT2D eigenvalue weighted by Crippen LogP contribution is 2.16. The Kier molecular flexibility index (Phi) is 4.61. The number of hydrogen-bond acceptors (Lipinski definition) is 2. The Morgan fingerprint density at radius 3 is 2.74 bits per heavy atom. The minimum absolute atomic E-state index is 0.138. The lowest BCUT2D eigenvalue weighted by atomic mass is 10.0. The Morgan fingerprint density at radius 1 is 1.32 bits per heavy atom. The molecule has 0 aliphatic carbocycles. The number of likely N-dealkylation sites (tertiary alicyclic amines) is 1. The number of para-hydroxylation sites is 1. The van der Waals surface area contributed by atoms with Crippen LogP contribution >= 0.6 is 0 Å². The van der Waals surface area contributed by atoms with Gasteiger partial charge in [0.25, 0.3) is 0 Å². The average Bonchev–Trinajstić information content (AvgIpc) is 2.39. The topological polar surface area (TPSA) is 32.3 Å². The summed E-state index contributed by atoms with van der Waals surface area (Å²) in [7, 11) is 0. The molecule has 2 rings (SSSR count). The molecule has 1 aromatic carbocycles. The molecule has 3 heteroatoms. The van der Waals surface area contributed by atoms with Crippen molar-refractivity contribution in [1.82, 2.24) is 4.90 Å². The summed E-state index contributed by atoms with van der Waals surface area (Å²) in [5, 5.41) is 3.50. The molecule has 1 N–H and O–H groups in total. The van der Waals surface area contributed by atoms with E-state index in [-0.39, 0.29) is 5.91 Å². The van der Waals surface area contributed by atoms with E-state index in [9.17, 15) is 4.79 Å². The zero-order valence-electron chi connectivity index (χ0n) is 11.7. The van der Waals surface area contributed by atoms with Gasteiger partial charge in [-0.2, -0.15) is 0 Å². The minimum Gasteiger partial charge on any atom is -0.381 e. The maximum atomic E-state index is 12.0. The fourth-order valence-electron chi connectivity index (χ4n) is 2.40. The molecule has 3 nitrogen and oxygen atoms in total. The average molecular weight is 258 g/mol. The molecule has 0 radical (unpaired) electrons. The summed E-state index contributed by atoms with van der Waals surface area (Å²) in [6, 6.07) is 10.5. The summed E-state index contributed by atoms with van der Waals surface area (Å²) in [4.78, 5) is 14.0. The first-order valence-electron chi connectivity index (χ1n) is 6.90. The van der Waals surface area contributed by atoms with E-state index in [1.807, 2.05) is 36.9 Å². The number of carbonyl (C=O) groups is 1. The van der Waals surface area contributed by atoms with Gasteiger partial charge in [-0.1, -0.05) is 23.8 Å². The van der Waals surface area contributed by atoms with Crippen molar-refractivity contribution in [2.45, 2.75) is 32.7 Å². The molecule has 1 saturated heterocycles. The fourth-order valence-corrected chi connectivity index (χ4v) is 2.40. The Morgan fingerprint density at radius 2 is 2.05 bits per heavy atom. The van der Waals surface area contributed by atoms with E-state index < -0.39 is 0 Å². The second-order valence-corrected chi connectivity index (χ2v) is 5.36. The molecular formula is C16H22N2O. The SMILES string of the molecule is CC(C)=CC(=O)N1CCC[C@H](Nc2ccccc2)C1. The van der Waals surface area contributed by atoms with Crippen LogP contribution in [0.1, 0.15) is 26.7 Å². The number of carbonyl (C=O) groups excluding carboxylic acids is 1. The molecule has 102 valence electrons. The molecule has 0 saturated carbocycles. The lowest BCUT2D eigenvalue weighted by molar-refractivity contribution is -0.127. The molecule has 1 aromatic rings. The Balaban J connectivity index is 1.94. The van der Waals surface area contributed by atoms with Crippen LogP contribution in [0.3, 0.4) is 0 Å². The van der Waals surface area contributed by atoms with Crippen LogP contribution in [0.2, 0.25) is 0 Å². The molecule has 1 fully saturated rings. The largest absolute Gasteiger partial charge is 0.381 e. The lowest BCUT2D eigenvalue weighted by Gasteiger charge is -2.33. The molecule has 19 heavy (non-hydrogen) atoms. The van der Waals surface area contributed by atoms with Crippen molar-refractivity contribution >= 4 is 11.6 Å². The summed E-state index contributed by atoms with van der Waals surface area (Å²) in [5.41, 5.74) is 2.19. The Hall–Kier alpha value is -1.77. The second-order valence-electron chi connectivity index (χ2n) is 5.36. The van der Waals surface area contributed by atoms with Crippen molar-refractivity contribution in [1.29, 1.82) is 0 Å². The van der Waals surface area contributed by atoms with Gasteiger partial charge < -0.3 is 10.2 Å². The van der Waals surface area contributed by atoms with Crippen molar-refractivity contribution < 1.29 is 4.79 Å². The summed E-state index contributed by atoms with van der Waals surface area (Å²) in [5.74, 6) is 0.138. The molecule has 0 aromatic heterocycles. The first kappa shape index (κ1) is 13.7. The van der Waals surface area contributed by atoms with Crippen LogP contribution in [0.15, 0.2) is 42.0 Å². The van der Waals surface area contributed by atoms with Gasteiger partial charge in [-0.05, 0) is 38.8 Å². The number of hydrogen-bond donors (Lipinski definition) is 1. The van der Waals surface area contributed by atoms with E-state index in [2.05, 4.69) is 17.4 Å². The molecule has 1 atom stereocenters. The number of rotatable bonds is 3. The van der Waals surface area contributed by atoms with Crippen LogP contribution in [-0.4, -0.2) is 29.9 Å². The summed E-state index contributed by atoms with van der Waals surface area (Å²) >= 11 is 0. The minimum atomic E-state index is 0.138. The normalized spacial score (nSPS) is 18.8. The Labute approximate surface area is 115 Å². The second kappa shape index (κ2) is 6.41. The van der Waals surface area contributed by atoms with Crippen LogP contribution < -0.4 is 5.32 Å². The van der Waals surface area contributed by atoms with Crippen molar-refractivity contribution in [2.24, 2.45) is 0 Å². The van der Waals surface area contributed by atoms with Crippen LogP contribution in [0.25, 0.3) is 0 Å². The van der Waals surface area contributed by atoms with Crippen LogP contribution in [0, 0.1) is 0 Å². The molecular weight excluding hydrogens is 236 g/mol. The monoisotopic (exact) mass is 258 g/mol. The van der Waals surface area contributed by atoms with E-state index in [0.29, 0.717) is 6.04 Å². The van der Waals surface area contributed by atoms with Crippen LogP contribution in [-0.2, 0) is 4.79 Å². The summed E-state index contributed by atoms with van der Waals surface area (Å²) in [6.07, 6.45) is 3.91. The number of nitrogens with zero attached hydrogens (tertiary/aromatic N) is 1. The summed E-state index contributed by atoms with van der Waals surface area (Å²) < 4.78 is 0. The number of piperidine rings is 1. The van der Waals surface area contributed by atoms with Crippen molar-refractivity contribution in [3.8, 4) is 0 Å². The third kappa shape index (κ3) is 4.12. The molecule has 1 amide bonds. The lowest BCUT2D eigenvalue weighted by Crippen LogP contribution is -2.44. The van der Waals surface area contributed by atoms with Gasteiger partial charge in [0.2, 0.25) is 5.91 Å². The van der Waals surface area contributed by atoms with Gasteiger partial charge in [0, 0.05) is 30.9 Å².